The van der Waals surface area contributed by atoms with E-state index in [0.717, 1.165) is 31.2 Å². The highest BCUT2D eigenvalue weighted by molar-refractivity contribution is 5.71. The lowest BCUT2D eigenvalue weighted by atomic mass is 9.99. The van der Waals surface area contributed by atoms with Gasteiger partial charge in [-0.25, -0.2) is 4.79 Å². The van der Waals surface area contributed by atoms with Gasteiger partial charge in [-0.15, -0.1) is 0 Å². The second-order valence-electron chi connectivity index (χ2n) is 5.68. The first-order valence-electron chi connectivity index (χ1n) is 7.63. The highest BCUT2D eigenvalue weighted by atomic mass is 17.5. The fourth-order valence-electron chi connectivity index (χ4n) is 2.03. The van der Waals surface area contributed by atoms with Crippen molar-refractivity contribution in [3.63, 3.8) is 0 Å². The van der Waals surface area contributed by atoms with Crippen LogP contribution in [0, 0.1) is 5.92 Å². The van der Waals surface area contributed by atoms with E-state index in [-0.39, 0.29) is 11.9 Å². The average Bonchev–Trinajstić information content (AvgIpc) is 2.49. The molecular formula is C17H26O4. The predicted molar refractivity (Wildman–Crippen MR) is 81.0 cm³/mol. The highest BCUT2D eigenvalue weighted by Crippen LogP contribution is 2.25. The fourth-order valence-corrected chi connectivity index (χ4v) is 2.03. The van der Waals surface area contributed by atoms with E-state index < -0.39 is 5.60 Å². The molecule has 0 amide bonds. The number of carbonyl (C=O) groups is 1. The summed E-state index contributed by atoms with van der Waals surface area (Å²) in [5.41, 5.74) is 0.256. The number of hydrogen-bond donors (Lipinski definition) is 0. The summed E-state index contributed by atoms with van der Waals surface area (Å²) >= 11 is 0. The number of hydrogen-bond acceptors (Lipinski definition) is 4. The molecule has 0 radical (unpaired) electrons. The molecule has 0 heterocycles. The number of unbranched alkanes of at least 4 members (excludes halogenated alkanes) is 1. The third kappa shape index (κ3) is 5.86. The number of benzene rings is 1. The Kier molecular flexibility index (Phi) is 7.40. The van der Waals surface area contributed by atoms with Gasteiger partial charge in [0.1, 0.15) is 5.60 Å². The lowest BCUT2D eigenvalue weighted by Crippen LogP contribution is -2.24. The second-order valence-corrected chi connectivity index (χ2v) is 5.68. The van der Waals surface area contributed by atoms with E-state index in [2.05, 4.69) is 6.92 Å². The molecule has 21 heavy (non-hydrogen) atoms. The summed E-state index contributed by atoms with van der Waals surface area (Å²) < 4.78 is 0. The Labute approximate surface area is 127 Å². The molecule has 118 valence electrons. The van der Waals surface area contributed by atoms with Crippen molar-refractivity contribution in [1.82, 2.24) is 0 Å². The van der Waals surface area contributed by atoms with E-state index in [1.165, 1.54) is 0 Å². The normalized spacial score (nSPS) is 13.0. The standard InChI is InChI=1S/C17H26O4/c1-5-7-11-14(6-2)16(18)19-21-20-17(3,4)15-12-9-8-10-13-15/h8-10,12-14H,5-7,11H2,1-4H3. The monoisotopic (exact) mass is 294 g/mol. The largest absolute Gasteiger partial charge is 0.348 e. The Hall–Kier alpha value is -1.39. The van der Waals surface area contributed by atoms with Crippen LogP contribution in [0.25, 0.3) is 0 Å². The van der Waals surface area contributed by atoms with E-state index in [9.17, 15) is 4.79 Å². The third-order valence-corrected chi connectivity index (χ3v) is 3.56. The van der Waals surface area contributed by atoms with Gasteiger partial charge in [0.05, 0.1) is 5.92 Å². The first kappa shape index (κ1) is 17.7. The van der Waals surface area contributed by atoms with Gasteiger partial charge >= 0.3 is 5.97 Å². The van der Waals surface area contributed by atoms with Gasteiger partial charge in [0.2, 0.25) is 0 Å². The van der Waals surface area contributed by atoms with Crippen molar-refractivity contribution in [3.05, 3.63) is 35.9 Å². The Morgan fingerprint density at radius 2 is 1.86 bits per heavy atom. The molecule has 1 unspecified atom stereocenters. The van der Waals surface area contributed by atoms with Crippen LogP contribution in [0.3, 0.4) is 0 Å². The molecule has 0 N–H and O–H groups in total. The minimum atomic E-state index is -0.688. The molecule has 1 atom stereocenters. The average molecular weight is 294 g/mol. The van der Waals surface area contributed by atoms with E-state index >= 15 is 0 Å². The Balaban J connectivity index is 2.43. The maximum absolute atomic E-state index is 11.9. The molecule has 0 aromatic heterocycles. The molecule has 0 aliphatic rings. The number of carbonyl (C=O) groups excluding carboxylic acids is 1. The molecule has 0 spiro atoms. The highest BCUT2D eigenvalue weighted by Gasteiger charge is 2.25. The van der Waals surface area contributed by atoms with Crippen molar-refractivity contribution in [2.24, 2.45) is 5.92 Å². The van der Waals surface area contributed by atoms with Gasteiger partial charge in [0.25, 0.3) is 0 Å². The minimum absolute atomic E-state index is 0.131. The van der Waals surface area contributed by atoms with E-state index in [4.69, 9.17) is 14.8 Å². The van der Waals surface area contributed by atoms with E-state index in [0.29, 0.717) is 0 Å². The fraction of sp³-hybridized carbons (Fsp3) is 0.588. The van der Waals surface area contributed by atoms with Gasteiger partial charge in [0.15, 0.2) is 0 Å². The zero-order chi connectivity index (χ0) is 15.7. The SMILES string of the molecule is CCCCC(CC)C(=O)OOOC(C)(C)c1ccccc1. The maximum atomic E-state index is 11.9. The van der Waals surface area contributed by atoms with Crippen LogP contribution in [0.15, 0.2) is 30.3 Å². The van der Waals surface area contributed by atoms with Crippen molar-refractivity contribution in [2.45, 2.75) is 59.0 Å². The van der Waals surface area contributed by atoms with Gasteiger partial charge in [0, 0.05) is 0 Å². The maximum Gasteiger partial charge on any atom is 0.348 e. The van der Waals surface area contributed by atoms with Gasteiger partial charge in [-0.05, 0) is 37.3 Å². The first-order chi connectivity index (χ1) is 10.0. The van der Waals surface area contributed by atoms with Gasteiger partial charge in [-0.3, -0.25) is 4.89 Å². The summed E-state index contributed by atoms with van der Waals surface area (Å²) in [4.78, 5) is 21.9. The van der Waals surface area contributed by atoms with Crippen LogP contribution in [0.4, 0.5) is 0 Å². The van der Waals surface area contributed by atoms with Gasteiger partial charge in [-0.2, -0.15) is 4.89 Å². The van der Waals surface area contributed by atoms with Gasteiger partial charge < -0.3 is 0 Å². The molecule has 4 nitrogen and oxygen atoms in total. The number of rotatable bonds is 9. The quantitative estimate of drug-likeness (QED) is 0.495. The van der Waals surface area contributed by atoms with Crippen molar-refractivity contribution in [3.8, 4) is 0 Å². The van der Waals surface area contributed by atoms with Gasteiger partial charge in [-0.1, -0.05) is 57.0 Å². The van der Waals surface area contributed by atoms with Crippen LogP contribution in [-0.2, 0) is 25.2 Å². The molecule has 0 aliphatic heterocycles. The molecule has 1 aromatic rings. The zero-order valence-corrected chi connectivity index (χ0v) is 13.4. The summed E-state index contributed by atoms with van der Waals surface area (Å²) in [7, 11) is 0. The van der Waals surface area contributed by atoms with Crippen LogP contribution in [0.5, 0.6) is 0 Å². The van der Waals surface area contributed by atoms with Crippen molar-refractivity contribution < 1.29 is 19.6 Å². The van der Waals surface area contributed by atoms with E-state index in [1.807, 2.05) is 51.1 Å². The molecule has 0 aliphatic carbocycles. The third-order valence-electron chi connectivity index (χ3n) is 3.56. The Bertz CT molecular complexity index is 414. The van der Waals surface area contributed by atoms with Crippen molar-refractivity contribution in [1.29, 1.82) is 0 Å². The molecule has 0 saturated heterocycles. The lowest BCUT2D eigenvalue weighted by Gasteiger charge is -2.22. The lowest BCUT2D eigenvalue weighted by molar-refractivity contribution is -0.521. The molecule has 0 fully saturated rings. The van der Waals surface area contributed by atoms with Crippen LogP contribution in [0.2, 0.25) is 0 Å². The summed E-state index contributed by atoms with van der Waals surface area (Å²) in [6.07, 6.45) is 3.62. The Morgan fingerprint density at radius 1 is 1.19 bits per heavy atom. The van der Waals surface area contributed by atoms with Crippen LogP contribution in [0.1, 0.15) is 58.9 Å². The second kappa shape index (κ2) is 8.80. The van der Waals surface area contributed by atoms with Crippen LogP contribution in [-0.4, -0.2) is 5.97 Å². The Morgan fingerprint density at radius 3 is 2.43 bits per heavy atom. The summed E-state index contributed by atoms with van der Waals surface area (Å²) in [6.45, 7) is 7.77. The van der Waals surface area contributed by atoms with Crippen LogP contribution < -0.4 is 0 Å². The molecular weight excluding hydrogens is 268 g/mol. The zero-order valence-electron chi connectivity index (χ0n) is 13.4. The first-order valence-corrected chi connectivity index (χ1v) is 7.63. The molecule has 4 heteroatoms. The molecule has 1 rings (SSSR count). The predicted octanol–water partition coefficient (Wildman–Crippen LogP) is 4.54. The van der Waals surface area contributed by atoms with Crippen LogP contribution >= 0.6 is 0 Å². The van der Waals surface area contributed by atoms with Crippen molar-refractivity contribution in [2.75, 3.05) is 0 Å². The smallest absolute Gasteiger partial charge is 0.268 e. The molecule has 0 bridgehead atoms. The minimum Gasteiger partial charge on any atom is -0.268 e. The summed E-state index contributed by atoms with van der Waals surface area (Å²) in [5.74, 6) is -0.497. The van der Waals surface area contributed by atoms with Crippen molar-refractivity contribution >= 4 is 5.97 Å². The summed E-state index contributed by atoms with van der Waals surface area (Å²) in [5, 5.41) is 4.73. The topological polar surface area (TPSA) is 44.8 Å². The molecule has 0 saturated carbocycles. The van der Waals surface area contributed by atoms with E-state index in [1.54, 1.807) is 0 Å². The summed E-state index contributed by atoms with van der Waals surface area (Å²) in [6, 6.07) is 9.64. The molecule has 1 aromatic carbocycles.